The molecule has 6 heteroatoms. The van der Waals surface area contributed by atoms with E-state index in [1.54, 1.807) is 0 Å². The largest absolute Gasteiger partial charge is 0.458 e. The van der Waals surface area contributed by atoms with E-state index < -0.39 is 0 Å². The van der Waals surface area contributed by atoms with Crippen molar-refractivity contribution in [1.82, 2.24) is 9.80 Å². The Labute approximate surface area is 335 Å². The number of hydrogen-bond acceptors (Lipinski definition) is 6. The molecule has 314 valence electrons. The van der Waals surface area contributed by atoms with Gasteiger partial charge in [0, 0.05) is 12.8 Å². The molecule has 0 aromatic carbocycles. The summed E-state index contributed by atoms with van der Waals surface area (Å²) in [5.41, 5.74) is 0. The first-order valence-corrected chi connectivity index (χ1v) is 22.6. The fourth-order valence-electron chi connectivity index (χ4n) is 6.49. The first-order chi connectivity index (χ1) is 26.3. The molecule has 2 unspecified atom stereocenters. The van der Waals surface area contributed by atoms with Crippen molar-refractivity contribution < 1.29 is 19.1 Å². The van der Waals surface area contributed by atoms with Gasteiger partial charge in [0.15, 0.2) is 0 Å². The van der Waals surface area contributed by atoms with Crippen molar-refractivity contribution >= 4 is 11.9 Å². The van der Waals surface area contributed by atoms with Crippen molar-refractivity contribution in [3.63, 3.8) is 0 Å². The molecule has 0 amide bonds. The van der Waals surface area contributed by atoms with Crippen molar-refractivity contribution in [2.75, 3.05) is 41.3 Å². The maximum Gasteiger partial charge on any atom is 0.306 e. The molecular formula is C48H88N2O4. The second kappa shape index (κ2) is 40.5. The number of unbranched alkanes of at least 4 members (excludes halogenated alkanes) is 16. The first kappa shape index (κ1) is 51.8. The predicted octanol–water partition coefficient (Wildman–Crippen LogP) is 13.1. The molecule has 2 atom stereocenters. The molecule has 0 aliphatic carbocycles. The van der Waals surface area contributed by atoms with Crippen molar-refractivity contribution in [2.24, 2.45) is 0 Å². The van der Waals surface area contributed by atoms with Gasteiger partial charge >= 0.3 is 11.9 Å². The Kier molecular flexibility index (Phi) is 38.8. The van der Waals surface area contributed by atoms with Crippen LogP contribution in [0.15, 0.2) is 48.6 Å². The third kappa shape index (κ3) is 38.1. The Morgan fingerprint density at radius 1 is 0.426 bits per heavy atom. The molecule has 0 aliphatic heterocycles. The van der Waals surface area contributed by atoms with Crippen molar-refractivity contribution in [3.05, 3.63) is 48.6 Å². The molecular weight excluding hydrogens is 669 g/mol. The quantitative estimate of drug-likeness (QED) is 0.0354. The van der Waals surface area contributed by atoms with Crippen LogP contribution >= 0.6 is 0 Å². The van der Waals surface area contributed by atoms with Gasteiger partial charge in [-0.1, -0.05) is 127 Å². The number of rotatable bonds is 39. The summed E-state index contributed by atoms with van der Waals surface area (Å²) in [5, 5.41) is 0. The predicted molar refractivity (Wildman–Crippen MR) is 234 cm³/mol. The number of hydrogen-bond donors (Lipinski definition) is 0. The lowest BCUT2D eigenvalue weighted by molar-refractivity contribution is -0.169. The van der Waals surface area contributed by atoms with Crippen LogP contribution in [0, 0.1) is 0 Å². The zero-order valence-electron chi connectivity index (χ0n) is 36.5. The van der Waals surface area contributed by atoms with Crippen molar-refractivity contribution in [1.29, 1.82) is 0 Å². The highest BCUT2D eigenvalue weighted by Gasteiger charge is 2.28. The maximum absolute atomic E-state index is 13.0. The van der Waals surface area contributed by atoms with Gasteiger partial charge in [-0.25, -0.2) is 0 Å². The number of carbonyl (C=O) groups is 2. The minimum atomic E-state index is -0.376. The summed E-state index contributed by atoms with van der Waals surface area (Å²) >= 11 is 0. The molecule has 0 aromatic heterocycles. The van der Waals surface area contributed by atoms with Crippen LogP contribution in [0.25, 0.3) is 0 Å². The average Bonchev–Trinajstić information content (AvgIpc) is 3.13. The van der Waals surface area contributed by atoms with E-state index in [2.05, 4.69) is 72.3 Å². The highest BCUT2D eigenvalue weighted by Crippen LogP contribution is 2.22. The zero-order valence-corrected chi connectivity index (χ0v) is 36.5. The Morgan fingerprint density at radius 2 is 0.741 bits per heavy atom. The standard InChI is InChI=1S/C48H88N2O4/c1-7-9-11-13-15-17-19-21-23-25-27-29-31-33-35-39-45(53-47(51)41-37-43-49(3)4)46(54-48(52)42-38-44-50(5)6)40-36-34-32-30-28-26-24-22-20-18-16-14-12-10-8-2/h15-18,21-24,45-46H,7-14,19-20,25-44H2,1-6H3. The van der Waals surface area contributed by atoms with Gasteiger partial charge in [-0.15, -0.1) is 0 Å². The summed E-state index contributed by atoms with van der Waals surface area (Å²) < 4.78 is 12.3. The fourth-order valence-corrected chi connectivity index (χ4v) is 6.49. The van der Waals surface area contributed by atoms with Gasteiger partial charge in [-0.3, -0.25) is 9.59 Å². The van der Waals surface area contributed by atoms with E-state index in [0.717, 1.165) is 90.1 Å². The lowest BCUT2D eigenvalue weighted by Crippen LogP contribution is -2.36. The molecule has 0 N–H and O–H groups in total. The molecule has 0 fully saturated rings. The van der Waals surface area contributed by atoms with Crippen LogP contribution in [0.3, 0.4) is 0 Å². The molecule has 0 radical (unpaired) electrons. The Bertz CT molecular complexity index is 878. The Hall–Kier alpha value is -2.18. The van der Waals surface area contributed by atoms with Gasteiger partial charge in [0.05, 0.1) is 0 Å². The minimum Gasteiger partial charge on any atom is -0.458 e. The van der Waals surface area contributed by atoms with E-state index in [9.17, 15) is 9.59 Å². The van der Waals surface area contributed by atoms with E-state index in [4.69, 9.17) is 9.47 Å². The van der Waals surface area contributed by atoms with E-state index in [1.807, 2.05) is 28.2 Å². The van der Waals surface area contributed by atoms with Gasteiger partial charge in [0.2, 0.25) is 0 Å². The normalized spacial score (nSPS) is 13.4. The van der Waals surface area contributed by atoms with Crippen LogP contribution < -0.4 is 0 Å². The molecule has 54 heavy (non-hydrogen) atoms. The maximum atomic E-state index is 13.0. The summed E-state index contributed by atoms with van der Waals surface area (Å²) in [4.78, 5) is 30.3. The van der Waals surface area contributed by atoms with Crippen LogP contribution in [0.5, 0.6) is 0 Å². The molecule has 0 saturated heterocycles. The summed E-state index contributed by atoms with van der Waals surface area (Å²) in [6.45, 7) is 6.20. The van der Waals surface area contributed by atoms with Gasteiger partial charge in [0.25, 0.3) is 0 Å². The molecule has 0 aliphatic rings. The first-order valence-electron chi connectivity index (χ1n) is 22.6. The molecule has 6 nitrogen and oxygen atoms in total. The van der Waals surface area contributed by atoms with Crippen LogP contribution in [0.1, 0.15) is 194 Å². The molecule has 0 heterocycles. The van der Waals surface area contributed by atoms with Gasteiger partial charge < -0.3 is 19.3 Å². The third-order valence-electron chi connectivity index (χ3n) is 9.83. The second-order valence-electron chi connectivity index (χ2n) is 15.9. The highest BCUT2D eigenvalue weighted by atomic mass is 16.6. The van der Waals surface area contributed by atoms with Crippen LogP contribution in [-0.2, 0) is 19.1 Å². The smallest absolute Gasteiger partial charge is 0.306 e. The van der Waals surface area contributed by atoms with E-state index in [1.165, 1.54) is 89.9 Å². The molecule has 0 rings (SSSR count). The number of esters is 2. The van der Waals surface area contributed by atoms with E-state index in [-0.39, 0.29) is 24.1 Å². The molecule has 0 aromatic rings. The summed E-state index contributed by atoms with van der Waals surface area (Å²) in [7, 11) is 8.09. The molecule has 0 spiro atoms. The van der Waals surface area contributed by atoms with Crippen LogP contribution in [-0.4, -0.2) is 75.2 Å². The third-order valence-corrected chi connectivity index (χ3v) is 9.83. The highest BCUT2D eigenvalue weighted by molar-refractivity contribution is 5.70. The molecule has 0 saturated carbocycles. The number of ether oxygens (including phenoxy) is 2. The Balaban J connectivity index is 4.97. The lowest BCUT2D eigenvalue weighted by atomic mass is 9.99. The van der Waals surface area contributed by atoms with E-state index in [0.29, 0.717) is 12.8 Å². The number of nitrogens with zero attached hydrogens (tertiary/aromatic N) is 2. The second-order valence-corrected chi connectivity index (χ2v) is 15.9. The van der Waals surface area contributed by atoms with Gasteiger partial charge in [-0.05, 0) is 144 Å². The summed E-state index contributed by atoms with van der Waals surface area (Å²) in [6, 6.07) is 0. The summed E-state index contributed by atoms with van der Waals surface area (Å²) in [6.07, 6.45) is 47.5. The summed E-state index contributed by atoms with van der Waals surface area (Å²) in [5.74, 6) is -0.337. The van der Waals surface area contributed by atoms with Crippen molar-refractivity contribution in [2.45, 2.75) is 206 Å². The zero-order chi connectivity index (χ0) is 39.7. The SMILES string of the molecule is CCCCCC=CCC=CCCCCCCCC(OC(=O)CCCN(C)C)C(CCCCCCCC=CCC=CCCCCC)OC(=O)CCCN(C)C. The average molecular weight is 757 g/mol. The Morgan fingerprint density at radius 3 is 1.07 bits per heavy atom. The van der Waals surface area contributed by atoms with E-state index >= 15 is 0 Å². The van der Waals surface area contributed by atoms with Gasteiger partial charge in [0.1, 0.15) is 12.2 Å². The fraction of sp³-hybridized carbons (Fsp3) is 0.792. The molecule has 0 bridgehead atoms. The van der Waals surface area contributed by atoms with Crippen molar-refractivity contribution in [3.8, 4) is 0 Å². The number of allylic oxidation sites excluding steroid dienone is 8. The van der Waals surface area contributed by atoms with Crippen LogP contribution in [0.2, 0.25) is 0 Å². The lowest BCUT2D eigenvalue weighted by Gasteiger charge is -2.28. The minimum absolute atomic E-state index is 0.168. The monoisotopic (exact) mass is 757 g/mol. The topological polar surface area (TPSA) is 59.1 Å². The number of carbonyl (C=O) groups excluding carboxylic acids is 2. The van der Waals surface area contributed by atoms with Crippen LogP contribution in [0.4, 0.5) is 0 Å². The van der Waals surface area contributed by atoms with Gasteiger partial charge in [-0.2, -0.15) is 0 Å².